The molecule has 3 atom stereocenters. The van der Waals surface area contributed by atoms with E-state index in [1.54, 1.807) is 24.3 Å². The van der Waals surface area contributed by atoms with Crippen LogP contribution in [0.4, 0.5) is 0 Å². The van der Waals surface area contributed by atoms with Crippen LogP contribution in [0.1, 0.15) is 20.3 Å². The molecule has 0 spiro atoms. The van der Waals surface area contributed by atoms with Gasteiger partial charge in [-0.25, -0.2) is 0 Å². The van der Waals surface area contributed by atoms with Gasteiger partial charge in [0.2, 0.25) is 0 Å². The summed E-state index contributed by atoms with van der Waals surface area (Å²) in [6.07, 6.45) is 11.3. The van der Waals surface area contributed by atoms with Crippen molar-refractivity contribution >= 4 is 11.6 Å². The largest absolute Gasteiger partial charge is 0.372 e. The number of nitrogens with one attached hydrogen (secondary N) is 2. The van der Waals surface area contributed by atoms with E-state index in [4.69, 9.17) is 21.6 Å². The summed E-state index contributed by atoms with van der Waals surface area (Å²) < 4.78 is 5.80. The Kier molecular flexibility index (Phi) is 10.7. The smallest absolute Gasteiger partial charge is 0.120 e. The number of nitriles is 1. The van der Waals surface area contributed by atoms with E-state index in [1.807, 2.05) is 12.2 Å². The molecule has 2 N–H and O–H groups in total. The first-order valence-corrected chi connectivity index (χ1v) is 9.87. The molecule has 0 aromatic carbocycles. The molecule has 1 fully saturated rings. The van der Waals surface area contributed by atoms with Gasteiger partial charge in [0.05, 0.1) is 23.9 Å². The van der Waals surface area contributed by atoms with Gasteiger partial charge in [-0.3, -0.25) is 5.43 Å². The SMILES string of the molecule is C=C/C=C(\NNC(=C)C(C/C=C\C(C#N)=C/C=C)C(=C)Cl)N1C[C@@H](C)O[C@@H](C)C1. The summed E-state index contributed by atoms with van der Waals surface area (Å²) in [5, 5.41) is 9.53. The maximum absolute atomic E-state index is 9.07. The van der Waals surface area contributed by atoms with Crippen molar-refractivity contribution in [3.8, 4) is 6.07 Å². The third-order valence-electron chi connectivity index (χ3n) is 4.28. The Bertz CT molecular complexity index is 734. The van der Waals surface area contributed by atoms with Gasteiger partial charge in [0, 0.05) is 29.7 Å². The molecule has 0 saturated carbocycles. The van der Waals surface area contributed by atoms with Crippen LogP contribution in [0.3, 0.4) is 0 Å². The molecule has 5 nitrogen and oxygen atoms in total. The van der Waals surface area contributed by atoms with E-state index in [-0.39, 0.29) is 18.1 Å². The first kappa shape index (κ1) is 24.4. The van der Waals surface area contributed by atoms with Gasteiger partial charge in [-0.2, -0.15) is 5.26 Å². The van der Waals surface area contributed by atoms with Crippen LogP contribution in [0.2, 0.25) is 0 Å². The van der Waals surface area contributed by atoms with Crippen molar-refractivity contribution in [1.82, 2.24) is 15.8 Å². The second kappa shape index (κ2) is 12.7. The molecule has 29 heavy (non-hydrogen) atoms. The van der Waals surface area contributed by atoms with Gasteiger partial charge >= 0.3 is 0 Å². The number of ether oxygens (including phenoxy) is 1. The Balaban J connectivity index is 2.77. The topological polar surface area (TPSA) is 60.3 Å². The summed E-state index contributed by atoms with van der Waals surface area (Å²) in [5.74, 6) is 0.662. The second-order valence-corrected chi connectivity index (χ2v) is 7.32. The Morgan fingerprint density at radius 2 is 1.83 bits per heavy atom. The summed E-state index contributed by atoms with van der Waals surface area (Å²) >= 11 is 6.20. The summed E-state index contributed by atoms with van der Waals surface area (Å²) in [5.41, 5.74) is 7.53. The van der Waals surface area contributed by atoms with Crippen molar-refractivity contribution in [2.75, 3.05) is 13.1 Å². The van der Waals surface area contributed by atoms with E-state index in [1.165, 1.54) is 0 Å². The standard InChI is InChI=1S/C23H31ClN4O/c1-7-10-21(14-25)12-9-13-22(19(5)24)20(6)26-27-23(11-8-2)28-15-17(3)29-18(4)16-28/h7-12,17-18,22,26-27H,1-2,5-6,13,15-16H2,3-4H3/b12-9-,21-10+,23-11+/t17-,18+,22?. The highest BCUT2D eigenvalue weighted by Gasteiger charge is 2.24. The van der Waals surface area contributed by atoms with Gasteiger partial charge in [-0.15, -0.1) is 0 Å². The van der Waals surface area contributed by atoms with Crippen molar-refractivity contribution in [1.29, 1.82) is 5.26 Å². The first-order valence-electron chi connectivity index (χ1n) is 9.49. The van der Waals surface area contributed by atoms with E-state index in [0.29, 0.717) is 22.7 Å². The molecule has 0 amide bonds. The highest BCUT2D eigenvalue weighted by Crippen LogP contribution is 2.24. The fraction of sp³-hybridized carbons (Fsp3) is 0.348. The lowest BCUT2D eigenvalue weighted by Gasteiger charge is -2.38. The highest BCUT2D eigenvalue weighted by atomic mass is 35.5. The zero-order valence-electron chi connectivity index (χ0n) is 17.3. The van der Waals surface area contributed by atoms with Crippen LogP contribution < -0.4 is 10.9 Å². The number of nitrogens with zero attached hydrogens (tertiary/aromatic N) is 2. The predicted octanol–water partition coefficient (Wildman–Crippen LogP) is 4.68. The molecule has 1 aliphatic rings. The van der Waals surface area contributed by atoms with Crippen LogP contribution in [0.25, 0.3) is 0 Å². The van der Waals surface area contributed by atoms with Crippen molar-refractivity contribution in [3.05, 3.63) is 84.9 Å². The quantitative estimate of drug-likeness (QED) is 0.292. The average Bonchev–Trinajstić information content (AvgIpc) is 2.66. The second-order valence-electron chi connectivity index (χ2n) is 6.83. The number of hydrogen-bond acceptors (Lipinski definition) is 5. The maximum Gasteiger partial charge on any atom is 0.120 e. The Labute approximate surface area is 180 Å². The lowest BCUT2D eigenvalue weighted by Crippen LogP contribution is -2.49. The molecule has 1 saturated heterocycles. The monoisotopic (exact) mass is 414 g/mol. The molecule has 156 valence electrons. The molecule has 0 aromatic rings. The van der Waals surface area contributed by atoms with E-state index in [0.717, 1.165) is 18.9 Å². The fourth-order valence-electron chi connectivity index (χ4n) is 2.99. The van der Waals surface area contributed by atoms with Crippen LogP contribution in [0.15, 0.2) is 84.9 Å². The zero-order chi connectivity index (χ0) is 21.8. The normalized spacial score (nSPS) is 21.2. The lowest BCUT2D eigenvalue weighted by atomic mass is 10.0. The Morgan fingerprint density at radius 3 is 2.34 bits per heavy atom. The minimum atomic E-state index is -0.211. The molecule has 0 aromatic heterocycles. The van der Waals surface area contributed by atoms with Crippen LogP contribution in [-0.4, -0.2) is 30.2 Å². The number of morpholine rings is 1. The number of rotatable bonds is 11. The number of allylic oxidation sites excluding steroid dienone is 8. The van der Waals surface area contributed by atoms with Crippen LogP contribution in [0, 0.1) is 17.2 Å². The molecule has 1 aliphatic heterocycles. The van der Waals surface area contributed by atoms with Gasteiger partial charge < -0.3 is 15.1 Å². The minimum Gasteiger partial charge on any atom is -0.372 e. The summed E-state index contributed by atoms with van der Waals surface area (Å²) in [7, 11) is 0. The predicted molar refractivity (Wildman–Crippen MR) is 121 cm³/mol. The number of hydrazine groups is 1. The van der Waals surface area contributed by atoms with E-state index in [2.05, 4.69) is 62.0 Å². The van der Waals surface area contributed by atoms with Crippen LogP contribution >= 0.6 is 11.6 Å². The van der Waals surface area contributed by atoms with E-state index >= 15 is 0 Å². The highest BCUT2D eigenvalue weighted by molar-refractivity contribution is 6.29. The molecule has 6 heteroatoms. The van der Waals surface area contributed by atoms with Crippen molar-refractivity contribution in [3.63, 3.8) is 0 Å². The third-order valence-corrected chi connectivity index (χ3v) is 4.54. The molecule has 0 bridgehead atoms. The Hall–Kier alpha value is -2.68. The first-order chi connectivity index (χ1) is 13.8. The van der Waals surface area contributed by atoms with Gasteiger partial charge in [-0.05, 0) is 38.5 Å². The summed E-state index contributed by atoms with van der Waals surface area (Å²) in [4.78, 5) is 2.20. The maximum atomic E-state index is 9.07. The molecule has 1 unspecified atom stereocenters. The molecule has 1 heterocycles. The molecule has 0 radical (unpaired) electrons. The summed E-state index contributed by atoms with van der Waals surface area (Å²) in [6, 6.07) is 2.10. The van der Waals surface area contributed by atoms with Gasteiger partial charge in [0.25, 0.3) is 0 Å². The van der Waals surface area contributed by atoms with E-state index < -0.39 is 0 Å². The molecular formula is C23H31ClN4O. The van der Waals surface area contributed by atoms with Gasteiger partial charge in [0.15, 0.2) is 0 Å². The minimum absolute atomic E-state index is 0.135. The van der Waals surface area contributed by atoms with Gasteiger partial charge in [-0.1, -0.05) is 56.1 Å². The number of hydrogen-bond donors (Lipinski definition) is 2. The van der Waals surface area contributed by atoms with Crippen LogP contribution in [0.5, 0.6) is 0 Å². The fourth-order valence-corrected chi connectivity index (χ4v) is 3.21. The zero-order valence-corrected chi connectivity index (χ0v) is 18.1. The number of halogens is 1. The van der Waals surface area contributed by atoms with Crippen molar-refractivity contribution in [2.45, 2.75) is 32.5 Å². The van der Waals surface area contributed by atoms with E-state index in [9.17, 15) is 0 Å². The average molecular weight is 415 g/mol. The Morgan fingerprint density at radius 1 is 1.21 bits per heavy atom. The molecular weight excluding hydrogens is 384 g/mol. The van der Waals surface area contributed by atoms with Crippen molar-refractivity contribution in [2.24, 2.45) is 5.92 Å². The molecule has 1 rings (SSSR count). The third kappa shape index (κ3) is 8.47. The molecule has 0 aliphatic carbocycles. The van der Waals surface area contributed by atoms with Crippen molar-refractivity contribution < 1.29 is 4.74 Å². The van der Waals surface area contributed by atoms with Crippen LogP contribution in [-0.2, 0) is 4.74 Å². The summed E-state index contributed by atoms with van der Waals surface area (Å²) in [6.45, 7) is 21.0. The lowest BCUT2D eigenvalue weighted by molar-refractivity contribution is -0.0600. The van der Waals surface area contributed by atoms with Gasteiger partial charge in [0.1, 0.15) is 5.82 Å².